The largest absolute Gasteiger partial charge is 0.497 e. The number of hydrogen-bond donors (Lipinski definition) is 2. The molecule has 2 aromatic rings. The molecular formula is C17H22N5O2+. The van der Waals surface area contributed by atoms with E-state index in [1.54, 1.807) is 19.5 Å². The van der Waals surface area contributed by atoms with E-state index in [2.05, 4.69) is 20.2 Å². The number of benzene rings is 1. The van der Waals surface area contributed by atoms with E-state index in [0.29, 0.717) is 6.54 Å². The second-order valence-corrected chi connectivity index (χ2v) is 5.74. The van der Waals surface area contributed by atoms with E-state index in [0.717, 1.165) is 43.6 Å². The summed E-state index contributed by atoms with van der Waals surface area (Å²) in [7, 11) is 1.62. The van der Waals surface area contributed by atoms with Crippen LogP contribution >= 0.6 is 0 Å². The van der Waals surface area contributed by atoms with Crippen LogP contribution in [0.25, 0.3) is 0 Å². The van der Waals surface area contributed by atoms with E-state index in [9.17, 15) is 4.79 Å². The number of quaternary nitrogens is 1. The first kappa shape index (κ1) is 16.2. The van der Waals surface area contributed by atoms with E-state index >= 15 is 0 Å². The molecule has 2 heterocycles. The molecule has 1 saturated heterocycles. The van der Waals surface area contributed by atoms with Gasteiger partial charge in [0.15, 0.2) is 6.54 Å². The summed E-state index contributed by atoms with van der Waals surface area (Å²) in [5.41, 5.74) is 0.788. The van der Waals surface area contributed by atoms with Gasteiger partial charge in [0.1, 0.15) is 5.75 Å². The average Bonchev–Trinajstić information content (AvgIpc) is 2.64. The molecule has 1 aromatic heterocycles. The van der Waals surface area contributed by atoms with Crippen LogP contribution in [0.1, 0.15) is 0 Å². The molecule has 1 aliphatic heterocycles. The van der Waals surface area contributed by atoms with Crippen LogP contribution in [0.3, 0.4) is 0 Å². The Morgan fingerprint density at radius 1 is 1.21 bits per heavy atom. The Labute approximate surface area is 141 Å². The molecule has 7 nitrogen and oxygen atoms in total. The lowest BCUT2D eigenvalue weighted by molar-refractivity contribution is -0.892. The van der Waals surface area contributed by atoms with Gasteiger partial charge in [-0.05, 0) is 30.3 Å². The number of amides is 1. The molecule has 3 rings (SSSR count). The van der Waals surface area contributed by atoms with Crippen LogP contribution < -0.4 is 19.9 Å². The maximum Gasteiger partial charge on any atom is 0.279 e. The molecule has 1 amide bonds. The van der Waals surface area contributed by atoms with Crippen LogP contribution in [0.2, 0.25) is 0 Å². The number of piperazine rings is 1. The topological polar surface area (TPSA) is 71.8 Å². The first-order valence-corrected chi connectivity index (χ1v) is 8.04. The minimum atomic E-state index is 0.0274. The van der Waals surface area contributed by atoms with Gasteiger partial charge in [-0.3, -0.25) is 4.79 Å². The van der Waals surface area contributed by atoms with Crippen molar-refractivity contribution in [3.05, 3.63) is 42.7 Å². The highest BCUT2D eigenvalue weighted by atomic mass is 16.5. The maximum absolute atomic E-state index is 12.2. The van der Waals surface area contributed by atoms with E-state index in [1.807, 2.05) is 30.3 Å². The number of carbonyl (C=O) groups excluding carboxylic acids is 1. The van der Waals surface area contributed by atoms with Gasteiger partial charge in [-0.1, -0.05) is 0 Å². The summed E-state index contributed by atoms with van der Waals surface area (Å²) in [6.45, 7) is 3.97. The van der Waals surface area contributed by atoms with Gasteiger partial charge in [-0.25, -0.2) is 9.97 Å². The first-order chi connectivity index (χ1) is 11.7. The summed E-state index contributed by atoms with van der Waals surface area (Å²) in [5, 5.41) is 2.93. The summed E-state index contributed by atoms with van der Waals surface area (Å²) in [6.07, 6.45) is 3.51. The lowest BCUT2D eigenvalue weighted by atomic mass is 10.3. The van der Waals surface area contributed by atoms with Crippen molar-refractivity contribution in [2.24, 2.45) is 0 Å². The highest BCUT2D eigenvalue weighted by Crippen LogP contribution is 2.14. The lowest BCUT2D eigenvalue weighted by Gasteiger charge is -2.31. The highest BCUT2D eigenvalue weighted by molar-refractivity contribution is 5.91. The lowest BCUT2D eigenvalue weighted by Crippen LogP contribution is -3.15. The highest BCUT2D eigenvalue weighted by Gasteiger charge is 2.23. The smallest absolute Gasteiger partial charge is 0.279 e. The number of nitrogens with zero attached hydrogens (tertiary/aromatic N) is 3. The van der Waals surface area contributed by atoms with E-state index < -0.39 is 0 Å². The zero-order valence-electron chi connectivity index (χ0n) is 13.7. The Kier molecular flexibility index (Phi) is 5.22. The van der Waals surface area contributed by atoms with Crippen molar-refractivity contribution in [3.63, 3.8) is 0 Å². The summed E-state index contributed by atoms with van der Waals surface area (Å²) in [6, 6.07) is 9.17. The van der Waals surface area contributed by atoms with Crippen molar-refractivity contribution >= 4 is 17.5 Å². The Hall–Kier alpha value is -2.67. The van der Waals surface area contributed by atoms with Crippen LogP contribution in [-0.2, 0) is 4.79 Å². The summed E-state index contributed by atoms with van der Waals surface area (Å²) in [5.74, 6) is 1.57. The first-order valence-electron chi connectivity index (χ1n) is 8.04. The predicted octanol–water partition coefficient (Wildman–Crippen LogP) is -0.171. The van der Waals surface area contributed by atoms with Gasteiger partial charge in [0.05, 0.1) is 33.3 Å². The summed E-state index contributed by atoms with van der Waals surface area (Å²) < 4.78 is 5.11. The molecule has 0 unspecified atom stereocenters. The van der Waals surface area contributed by atoms with Gasteiger partial charge in [0, 0.05) is 18.1 Å². The number of aromatic nitrogens is 2. The molecule has 0 saturated carbocycles. The van der Waals surface area contributed by atoms with Crippen molar-refractivity contribution in [1.82, 2.24) is 9.97 Å². The van der Waals surface area contributed by atoms with Crippen molar-refractivity contribution in [3.8, 4) is 5.75 Å². The second-order valence-electron chi connectivity index (χ2n) is 5.74. The normalized spacial score (nSPS) is 15.1. The molecule has 0 radical (unpaired) electrons. The van der Waals surface area contributed by atoms with Gasteiger partial charge in [0.25, 0.3) is 5.91 Å². The quantitative estimate of drug-likeness (QED) is 0.797. The third-order valence-corrected chi connectivity index (χ3v) is 4.09. The van der Waals surface area contributed by atoms with E-state index in [1.165, 1.54) is 4.90 Å². The number of methoxy groups -OCH3 is 1. The molecule has 24 heavy (non-hydrogen) atoms. The SMILES string of the molecule is COc1ccc(NC(=O)C[NH+]2CCN(c3ncccn3)CC2)cc1. The number of ether oxygens (including phenoxy) is 1. The van der Waals surface area contributed by atoms with Crippen LogP contribution in [0.15, 0.2) is 42.7 Å². The molecule has 0 spiro atoms. The Balaban J connectivity index is 1.46. The number of rotatable bonds is 5. The van der Waals surface area contributed by atoms with Gasteiger partial charge in [0.2, 0.25) is 5.95 Å². The van der Waals surface area contributed by atoms with Crippen LogP contribution in [0.4, 0.5) is 11.6 Å². The average molecular weight is 328 g/mol. The van der Waals surface area contributed by atoms with E-state index in [-0.39, 0.29) is 5.91 Å². The number of hydrogen-bond acceptors (Lipinski definition) is 5. The van der Waals surface area contributed by atoms with E-state index in [4.69, 9.17) is 4.74 Å². The Morgan fingerprint density at radius 3 is 2.50 bits per heavy atom. The van der Waals surface area contributed by atoms with Gasteiger partial charge < -0.3 is 19.9 Å². The molecular weight excluding hydrogens is 306 g/mol. The second kappa shape index (κ2) is 7.74. The minimum absolute atomic E-state index is 0.0274. The molecule has 7 heteroatoms. The van der Waals surface area contributed by atoms with Crippen molar-refractivity contribution in [2.75, 3.05) is 50.1 Å². The fourth-order valence-electron chi connectivity index (χ4n) is 2.76. The van der Waals surface area contributed by atoms with Crippen LogP contribution in [0.5, 0.6) is 5.75 Å². The standard InChI is InChI=1S/C17H21N5O2/c1-24-15-5-3-14(4-6-15)20-16(23)13-21-9-11-22(12-10-21)17-18-7-2-8-19-17/h2-8H,9-13H2,1H3,(H,20,23)/p+1. The molecule has 126 valence electrons. The van der Waals surface area contributed by atoms with Crippen LogP contribution in [-0.4, -0.2) is 55.7 Å². The Morgan fingerprint density at radius 2 is 1.88 bits per heavy atom. The van der Waals surface area contributed by atoms with Gasteiger partial charge in [-0.15, -0.1) is 0 Å². The summed E-state index contributed by atoms with van der Waals surface area (Å²) in [4.78, 5) is 24.2. The minimum Gasteiger partial charge on any atom is -0.497 e. The maximum atomic E-state index is 12.2. The van der Waals surface area contributed by atoms with Crippen molar-refractivity contribution < 1.29 is 14.4 Å². The number of anilines is 2. The zero-order valence-corrected chi connectivity index (χ0v) is 13.7. The molecule has 0 atom stereocenters. The van der Waals surface area contributed by atoms with Crippen molar-refractivity contribution in [1.29, 1.82) is 0 Å². The molecule has 1 aromatic carbocycles. The molecule has 2 N–H and O–H groups in total. The third kappa shape index (κ3) is 4.20. The molecule has 0 bridgehead atoms. The zero-order chi connectivity index (χ0) is 16.8. The van der Waals surface area contributed by atoms with Gasteiger partial charge in [-0.2, -0.15) is 0 Å². The monoisotopic (exact) mass is 328 g/mol. The fourth-order valence-corrected chi connectivity index (χ4v) is 2.76. The van der Waals surface area contributed by atoms with Crippen molar-refractivity contribution in [2.45, 2.75) is 0 Å². The van der Waals surface area contributed by atoms with Gasteiger partial charge >= 0.3 is 0 Å². The molecule has 0 aliphatic carbocycles. The summed E-state index contributed by atoms with van der Waals surface area (Å²) >= 11 is 0. The number of carbonyl (C=O) groups is 1. The predicted molar refractivity (Wildman–Crippen MR) is 91.4 cm³/mol. The third-order valence-electron chi connectivity index (χ3n) is 4.09. The Bertz CT molecular complexity index is 654. The number of nitrogens with one attached hydrogen (secondary N) is 2. The molecule has 1 aliphatic rings. The van der Waals surface area contributed by atoms with Crippen LogP contribution in [0, 0.1) is 0 Å². The molecule has 1 fully saturated rings. The fraction of sp³-hybridized carbons (Fsp3) is 0.353.